The van der Waals surface area contributed by atoms with Crippen LogP contribution in [0.3, 0.4) is 0 Å². The topological polar surface area (TPSA) is 102 Å². The fourth-order valence-electron chi connectivity index (χ4n) is 2.35. The van der Waals surface area contributed by atoms with Crippen molar-refractivity contribution in [3.8, 4) is 0 Å². The number of alkyl halides is 1. The van der Waals surface area contributed by atoms with E-state index in [2.05, 4.69) is 26.9 Å². The number of rotatable bonds is 12. The number of pyridine rings is 1. The summed E-state index contributed by atoms with van der Waals surface area (Å²) in [5, 5.41) is 2.31. The lowest BCUT2D eigenvalue weighted by Crippen LogP contribution is -2.26. The average molecular weight is 401 g/mol. The Labute approximate surface area is 171 Å². The molecule has 0 aliphatic heterocycles. The van der Waals surface area contributed by atoms with Crippen LogP contribution in [0.4, 0.5) is 10.1 Å². The number of anilines is 1. The van der Waals surface area contributed by atoms with E-state index in [-0.39, 0.29) is 19.1 Å². The standard InChI is InChI=1S/C21H28FN5O2/c1-5-7-20-19(8-18(23)11-27-20)21(29-12-17(22)10-26-14-28)16(4)15(3)9-25-13-24-6-2/h5-9,11,13-15,17H,2,10,12,23H2,1,3-4H3,(H,26,28)/b7-5-,21-16-,24-13-,25-9-. The Bertz CT molecular complexity index is 802. The molecule has 2 atom stereocenters. The van der Waals surface area contributed by atoms with E-state index in [4.69, 9.17) is 10.5 Å². The van der Waals surface area contributed by atoms with Gasteiger partial charge >= 0.3 is 0 Å². The van der Waals surface area contributed by atoms with Crippen molar-refractivity contribution in [3.05, 3.63) is 47.9 Å². The zero-order chi connectivity index (χ0) is 21.6. The highest BCUT2D eigenvalue weighted by Crippen LogP contribution is 2.29. The monoisotopic (exact) mass is 401 g/mol. The highest BCUT2D eigenvalue weighted by Gasteiger charge is 2.18. The fourth-order valence-corrected chi connectivity index (χ4v) is 2.35. The Kier molecular flexibility index (Phi) is 10.6. The molecule has 8 heteroatoms. The van der Waals surface area contributed by atoms with E-state index in [1.165, 1.54) is 12.5 Å². The fraction of sp³-hybridized carbons (Fsp3) is 0.333. The minimum atomic E-state index is -1.37. The molecule has 1 rings (SSSR count). The molecule has 0 aromatic carbocycles. The Hall–Kier alpha value is -3.29. The Morgan fingerprint density at radius 3 is 2.90 bits per heavy atom. The number of hydrogen-bond acceptors (Lipinski definition) is 5. The van der Waals surface area contributed by atoms with Gasteiger partial charge in [-0.3, -0.25) is 9.78 Å². The molecule has 0 bridgehead atoms. The van der Waals surface area contributed by atoms with Crippen LogP contribution in [0.25, 0.3) is 11.8 Å². The zero-order valence-corrected chi connectivity index (χ0v) is 17.0. The van der Waals surface area contributed by atoms with Crippen LogP contribution >= 0.6 is 0 Å². The number of nitrogens with one attached hydrogen (secondary N) is 1. The van der Waals surface area contributed by atoms with Crippen molar-refractivity contribution in [3.63, 3.8) is 0 Å². The number of halogens is 1. The highest BCUT2D eigenvalue weighted by atomic mass is 19.1. The van der Waals surface area contributed by atoms with E-state index in [0.29, 0.717) is 29.1 Å². The van der Waals surface area contributed by atoms with Gasteiger partial charge in [0.05, 0.1) is 24.1 Å². The average Bonchev–Trinajstić information content (AvgIpc) is 2.71. The first-order chi connectivity index (χ1) is 13.9. The summed E-state index contributed by atoms with van der Waals surface area (Å²) in [5.74, 6) is 0.332. The van der Waals surface area contributed by atoms with Crippen LogP contribution in [0.15, 0.2) is 46.7 Å². The predicted octanol–water partition coefficient (Wildman–Crippen LogP) is 3.41. The van der Waals surface area contributed by atoms with Crippen LogP contribution in [-0.4, -0.2) is 43.3 Å². The third kappa shape index (κ3) is 8.08. The summed E-state index contributed by atoms with van der Waals surface area (Å²) in [6.45, 7) is 8.79. The van der Waals surface area contributed by atoms with E-state index in [0.717, 1.165) is 5.57 Å². The van der Waals surface area contributed by atoms with Gasteiger partial charge < -0.3 is 15.8 Å². The number of amides is 1. The quantitative estimate of drug-likeness (QED) is 0.242. The van der Waals surface area contributed by atoms with Crippen molar-refractivity contribution < 1.29 is 13.9 Å². The van der Waals surface area contributed by atoms with Gasteiger partial charge in [-0.15, -0.1) is 0 Å². The van der Waals surface area contributed by atoms with Gasteiger partial charge in [0.25, 0.3) is 0 Å². The Morgan fingerprint density at radius 2 is 2.24 bits per heavy atom. The molecule has 0 aliphatic carbocycles. The molecule has 1 aromatic rings. The smallest absolute Gasteiger partial charge is 0.207 e. The van der Waals surface area contributed by atoms with Gasteiger partial charge in [-0.25, -0.2) is 14.4 Å². The Morgan fingerprint density at radius 1 is 1.48 bits per heavy atom. The van der Waals surface area contributed by atoms with Gasteiger partial charge in [0.15, 0.2) is 6.17 Å². The maximum absolute atomic E-state index is 14.1. The van der Waals surface area contributed by atoms with Crippen LogP contribution in [0.5, 0.6) is 0 Å². The number of hydrogen-bond donors (Lipinski definition) is 2. The van der Waals surface area contributed by atoms with Crippen LogP contribution in [0, 0.1) is 5.92 Å². The van der Waals surface area contributed by atoms with Gasteiger partial charge in [0.2, 0.25) is 6.41 Å². The minimum absolute atomic E-state index is 0.132. The van der Waals surface area contributed by atoms with Crippen molar-refractivity contribution >= 4 is 36.5 Å². The van der Waals surface area contributed by atoms with E-state index >= 15 is 0 Å². The second kappa shape index (κ2) is 13.0. The van der Waals surface area contributed by atoms with Gasteiger partial charge in [-0.1, -0.05) is 19.6 Å². The number of carbonyl (C=O) groups is 1. The molecule has 7 nitrogen and oxygen atoms in total. The molecule has 1 aromatic heterocycles. The van der Waals surface area contributed by atoms with Crippen molar-refractivity contribution in [2.45, 2.75) is 26.9 Å². The first-order valence-electron chi connectivity index (χ1n) is 9.13. The van der Waals surface area contributed by atoms with Gasteiger partial charge in [-0.05, 0) is 31.6 Å². The lowest BCUT2D eigenvalue weighted by Gasteiger charge is -2.20. The van der Waals surface area contributed by atoms with Crippen LogP contribution in [-0.2, 0) is 9.53 Å². The molecular weight excluding hydrogens is 373 g/mol. The highest BCUT2D eigenvalue weighted by molar-refractivity contribution is 5.80. The molecule has 2 unspecified atom stereocenters. The van der Waals surface area contributed by atoms with E-state index in [9.17, 15) is 9.18 Å². The summed E-state index contributed by atoms with van der Waals surface area (Å²) < 4.78 is 19.9. The molecule has 0 radical (unpaired) electrons. The van der Waals surface area contributed by atoms with E-state index in [1.807, 2.05) is 32.9 Å². The first-order valence-corrected chi connectivity index (χ1v) is 9.13. The Balaban J connectivity index is 3.32. The first kappa shape index (κ1) is 23.7. The number of aliphatic imine (C=N–C) groups is 2. The number of nitrogens with two attached hydrogens (primary N) is 1. The molecule has 156 valence electrons. The molecule has 0 aliphatic rings. The lowest BCUT2D eigenvalue weighted by atomic mass is 9.98. The maximum atomic E-state index is 14.1. The van der Waals surface area contributed by atoms with Crippen molar-refractivity contribution in [2.75, 3.05) is 18.9 Å². The molecule has 1 heterocycles. The van der Waals surface area contributed by atoms with Gasteiger partial charge in [0.1, 0.15) is 18.7 Å². The third-order valence-corrected chi connectivity index (χ3v) is 3.93. The molecular formula is C21H28FN5O2. The molecule has 1 amide bonds. The third-order valence-electron chi connectivity index (χ3n) is 3.93. The molecule has 0 saturated carbocycles. The number of ether oxygens (including phenoxy) is 1. The minimum Gasteiger partial charge on any atom is -0.490 e. The maximum Gasteiger partial charge on any atom is 0.207 e. The van der Waals surface area contributed by atoms with E-state index in [1.54, 1.807) is 18.5 Å². The summed E-state index contributed by atoms with van der Waals surface area (Å²) in [4.78, 5) is 22.7. The normalized spacial score (nSPS) is 14.8. The second-order valence-electron chi connectivity index (χ2n) is 6.18. The lowest BCUT2D eigenvalue weighted by molar-refractivity contribution is -0.109. The number of allylic oxidation sites excluding steroid dienone is 2. The zero-order valence-electron chi connectivity index (χ0n) is 17.0. The van der Waals surface area contributed by atoms with Crippen molar-refractivity contribution in [1.82, 2.24) is 10.3 Å². The van der Waals surface area contributed by atoms with Crippen LogP contribution < -0.4 is 11.1 Å². The summed E-state index contributed by atoms with van der Waals surface area (Å²) in [6.07, 6.45) is 8.76. The molecule has 0 saturated heterocycles. The predicted molar refractivity (Wildman–Crippen MR) is 117 cm³/mol. The summed E-state index contributed by atoms with van der Waals surface area (Å²) in [6, 6.07) is 1.74. The van der Waals surface area contributed by atoms with Crippen molar-refractivity contribution in [2.24, 2.45) is 15.9 Å². The number of aromatic nitrogens is 1. The summed E-state index contributed by atoms with van der Waals surface area (Å²) in [5.41, 5.74) is 8.50. The largest absolute Gasteiger partial charge is 0.490 e. The molecule has 0 fully saturated rings. The summed E-state index contributed by atoms with van der Waals surface area (Å²) in [7, 11) is 0. The number of nitrogen functional groups attached to an aromatic ring is 1. The SMILES string of the molecule is C=C/N=C\N=C/C(C)/C(C)=C(\OCC(F)CNC=O)c1cc(N)cnc1/C=C\C. The van der Waals surface area contributed by atoms with Gasteiger partial charge in [0, 0.05) is 23.9 Å². The number of carbonyl (C=O) groups excluding carboxylic acids is 1. The summed E-state index contributed by atoms with van der Waals surface area (Å²) >= 11 is 0. The van der Waals surface area contributed by atoms with E-state index < -0.39 is 6.17 Å². The second-order valence-corrected chi connectivity index (χ2v) is 6.18. The van der Waals surface area contributed by atoms with Crippen molar-refractivity contribution in [1.29, 1.82) is 0 Å². The molecule has 3 N–H and O–H groups in total. The molecule has 0 spiro atoms. The van der Waals surface area contributed by atoms with Crippen LogP contribution in [0.1, 0.15) is 32.0 Å². The number of nitrogens with zero attached hydrogens (tertiary/aromatic N) is 3. The van der Waals surface area contributed by atoms with Gasteiger partial charge in [-0.2, -0.15) is 0 Å². The molecule has 29 heavy (non-hydrogen) atoms. The van der Waals surface area contributed by atoms with Crippen LogP contribution in [0.2, 0.25) is 0 Å².